The van der Waals surface area contributed by atoms with Crippen molar-refractivity contribution in [3.63, 3.8) is 0 Å². The molecule has 0 bridgehead atoms. The highest BCUT2D eigenvalue weighted by atomic mass is 19.1. The predicted molar refractivity (Wildman–Crippen MR) is 137 cm³/mol. The molecule has 3 rings (SSSR count). The largest absolute Gasteiger partial charge is 0.475 e. The van der Waals surface area contributed by atoms with Crippen LogP contribution in [-0.4, -0.2) is 88.9 Å². The van der Waals surface area contributed by atoms with E-state index in [0.717, 1.165) is 12.8 Å². The molecule has 38 heavy (non-hydrogen) atoms. The van der Waals surface area contributed by atoms with E-state index in [1.165, 1.54) is 29.2 Å². The summed E-state index contributed by atoms with van der Waals surface area (Å²) in [6.45, 7) is 4.73. The van der Waals surface area contributed by atoms with Gasteiger partial charge in [0.15, 0.2) is 0 Å². The molecule has 2 heterocycles. The summed E-state index contributed by atoms with van der Waals surface area (Å²) in [4.78, 5) is 29.2. The third-order valence-electron chi connectivity index (χ3n) is 7.12. The van der Waals surface area contributed by atoms with E-state index in [9.17, 15) is 33.7 Å². The van der Waals surface area contributed by atoms with Crippen LogP contribution in [0.25, 0.3) is 0 Å². The summed E-state index contributed by atoms with van der Waals surface area (Å²) in [5, 5.41) is 31.5. The van der Waals surface area contributed by atoms with Gasteiger partial charge < -0.3 is 25.0 Å². The molecule has 206 valence electrons. The molecule has 3 N–H and O–H groups in total. The van der Waals surface area contributed by atoms with Crippen molar-refractivity contribution in [3.05, 3.63) is 47.3 Å². The number of nitrogens with zero attached hydrogens (tertiary/aromatic N) is 3. The Balaban J connectivity index is 1.61. The summed E-state index contributed by atoms with van der Waals surface area (Å²) in [5.74, 6) is -2.00. The van der Waals surface area contributed by atoms with Gasteiger partial charge in [-0.05, 0) is 69.7 Å². The molecule has 0 aromatic heterocycles. The fraction of sp³-hybridized carbons (Fsp3) is 0.577. The third-order valence-corrected chi connectivity index (χ3v) is 7.12. The number of rotatable bonds is 9. The fourth-order valence-electron chi connectivity index (χ4n) is 4.89. The van der Waals surface area contributed by atoms with Crippen LogP contribution in [0.3, 0.4) is 0 Å². The highest BCUT2D eigenvalue weighted by Crippen LogP contribution is 2.27. The van der Waals surface area contributed by atoms with Gasteiger partial charge in [-0.3, -0.25) is 9.69 Å². The number of nitriles is 1. The second kappa shape index (κ2) is 13.2. The molecule has 9 nitrogen and oxygen atoms in total. The maximum absolute atomic E-state index is 13.7. The first-order valence-corrected chi connectivity index (χ1v) is 12.9. The molecule has 2 saturated heterocycles. The van der Waals surface area contributed by atoms with Crippen molar-refractivity contribution in [2.45, 2.75) is 69.6 Å². The summed E-state index contributed by atoms with van der Waals surface area (Å²) >= 11 is 0. The maximum atomic E-state index is 13.7. The van der Waals surface area contributed by atoms with Crippen LogP contribution in [0, 0.1) is 17.1 Å². The lowest BCUT2D eigenvalue weighted by Crippen LogP contribution is -2.50. The van der Waals surface area contributed by atoms with Gasteiger partial charge in [0.2, 0.25) is 0 Å². The second-order valence-electron chi connectivity index (χ2n) is 10.4. The first-order chi connectivity index (χ1) is 18.0. The molecular formula is C26H35BF2N4O5. The topological polar surface area (TPSA) is 126 Å². The van der Waals surface area contributed by atoms with Crippen LogP contribution < -0.4 is 5.32 Å². The Hall–Kier alpha value is -3.01. The number of hydrogen-bond donors (Lipinski definition) is 3. The number of likely N-dealkylation sites (tertiary alicyclic amines) is 2. The van der Waals surface area contributed by atoms with Crippen LogP contribution in [0.4, 0.5) is 13.6 Å². The lowest BCUT2D eigenvalue weighted by molar-refractivity contribution is -0.131. The third kappa shape index (κ3) is 8.00. The van der Waals surface area contributed by atoms with E-state index in [1.807, 2.05) is 24.8 Å². The number of carbonyl (C=O) groups is 2. The highest BCUT2D eigenvalue weighted by Gasteiger charge is 2.35. The summed E-state index contributed by atoms with van der Waals surface area (Å²) in [6.07, 6.45) is 2.32. The minimum atomic E-state index is -1.88. The molecule has 2 aliphatic heterocycles. The highest BCUT2D eigenvalue weighted by molar-refractivity contribution is 6.43. The Bertz CT molecular complexity index is 1050. The average Bonchev–Trinajstić information content (AvgIpc) is 3.34. The molecule has 0 aliphatic carbocycles. The van der Waals surface area contributed by atoms with Crippen molar-refractivity contribution >= 4 is 19.1 Å². The molecule has 3 atom stereocenters. The number of alkyl carbamates (subject to hydrolysis) is 1. The molecule has 2 fully saturated rings. The minimum absolute atomic E-state index is 0.0351. The van der Waals surface area contributed by atoms with E-state index < -0.39 is 48.6 Å². The molecule has 2 amide bonds. The Labute approximate surface area is 222 Å². The van der Waals surface area contributed by atoms with Crippen molar-refractivity contribution in [1.82, 2.24) is 15.1 Å². The smallest absolute Gasteiger partial charge is 0.447 e. The van der Waals surface area contributed by atoms with Crippen molar-refractivity contribution < 1.29 is 33.2 Å². The van der Waals surface area contributed by atoms with Crippen LogP contribution in [0.5, 0.6) is 0 Å². The maximum Gasteiger partial charge on any atom is 0.475 e. The quantitative estimate of drug-likeness (QED) is 0.253. The summed E-state index contributed by atoms with van der Waals surface area (Å²) in [7, 11) is -1.88. The molecule has 12 heteroatoms. The fourth-order valence-corrected chi connectivity index (χ4v) is 4.89. The number of amides is 2. The summed E-state index contributed by atoms with van der Waals surface area (Å²) in [6, 6.07) is 6.95. The monoisotopic (exact) mass is 532 g/mol. The van der Waals surface area contributed by atoms with Crippen molar-refractivity contribution in [3.8, 4) is 6.07 Å². The van der Waals surface area contributed by atoms with E-state index in [2.05, 4.69) is 5.32 Å². The molecule has 1 unspecified atom stereocenters. The van der Waals surface area contributed by atoms with Gasteiger partial charge in [-0.1, -0.05) is 12.1 Å². The number of ether oxygens (including phenoxy) is 1. The molecule has 0 radical (unpaired) electrons. The van der Waals surface area contributed by atoms with Gasteiger partial charge in [0.1, 0.15) is 30.2 Å². The van der Waals surface area contributed by atoms with Crippen LogP contribution >= 0.6 is 0 Å². The van der Waals surface area contributed by atoms with E-state index in [1.54, 1.807) is 6.08 Å². The molecular weight excluding hydrogens is 497 g/mol. The van der Waals surface area contributed by atoms with Gasteiger partial charge in [0.05, 0.1) is 12.0 Å². The Kier molecular flexibility index (Phi) is 10.2. The summed E-state index contributed by atoms with van der Waals surface area (Å²) in [5.41, 5.74) is -0.145. The Morgan fingerprint density at radius 1 is 1.26 bits per heavy atom. The molecule has 1 aromatic carbocycles. The first-order valence-electron chi connectivity index (χ1n) is 12.9. The normalized spacial score (nSPS) is 21.5. The van der Waals surface area contributed by atoms with E-state index in [-0.39, 0.29) is 25.1 Å². The zero-order valence-electron chi connectivity index (χ0n) is 21.8. The van der Waals surface area contributed by atoms with Gasteiger partial charge in [-0.2, -0.15) is 5.26 Å². The number of hydrogen-bond acceptors (Lipinski definition) is 7. The van der Waals surface area contributed by atoms with Crippen molar-refractivity contribution in [2.75, 3.05) is 26.2 Å². The van der Waals surface area contributed by atoms with Crippen molar-refractivity contribution in [1.29, 1.82) is 5.26 Å². The molecule has 1 aromatic rings. The minimum Gasteiger partial charge on any atom is -0.447 e. The van der Waals surface area contributed by atoms with E-state index >= 15 is 0 Å². The average molecular weight is 532 g/mol. The number of carbonyl (C=O) groups excluding carboxylic acids is 2. The zero-order valence-corrected chi connectivity index (χ0v) is 21.8. The second-order valence-corrected chi connectivity index (χ2v) is 10.4. The lowest BCUT2D eigenvalue weighted by atomic mass is 9.76. The number of alkyl halides is 1. The SMILES string of the molecule is CC(C)(C=C(C#N)C(=O)N1CCCC[C@@H]1COC(=O)NC(Cc1ccc(F)cc1)B(O)O)N1CC[C@H](F)C1. The lowest BCUT2D eigenvalue weighted by Gasteiger charge is -2.36. The van der Waals surface area contributed by atoms with Gasteiger partial charge in [0, 0.05) is 25.2 Å². The van der Waals surface area contributed by atoms with Gasteiger partial charge >= 0.3 is 13.2 Å². The first kappa shape index (κ1) is 29.5. The van der Waals surface area contributed by atoms with Crippen LogP contribution in [-0.2, 0) is 16.0 Å². The Morgan fingerprint density at radius 3 is 2.58 bits per heavy atom. The van der Waals surface area contributed by atoms with Gasteiger partial charge in [-0.25, -0.2) is 13.6 Å². The standard InChI is InChI=1S/C26H35BF2N4O5/c1-26(2,32-12-10-21(29)16-32)14-19(15-30)24(34)33-11-4-3-5-22(33)17-38-25(35)31-23(27(36)37)13-18-6-8-20(28)9-7-18/h6-9,14,21-23,36-37H,3-5,10-13,16-17H2,1-2H3,(H,31,35)/t21-,22+,23?/m0/s1. The number of nitrogens with one attached hydrogen (secondary N) is 1. The molecule has 2 aliphatic rings. The zero-order chi connectivity index (χ0) is 27.9. The Morgan fingerprint density at radius 2 is 1.97 bits per heavy atom. The van der Waals surface area contributed by atoms with Gasteiger partial charge in [-0.15, -0.1) is 0 Å². The summed E-state index contributed by atoms with van der Waals surface area (Å²) < 4.78 is 32.2. The van der Waals surface area contributed by atoms with Crippen molar-refractivity contribution in [2.24, 2.45) is 0 Å². The van der Waals surface area contributed by atoms with E-state index in [4.69, 9.17) is 4.74 Å². The number of halogens is 2. The van der Waals surface area contributed by atoms with Gasteiger partial charge in [0.25, 0.3) is 5.91 Å². The van der Waals surface area contributed by atoms with Crippen LogP contribution in [0.15, 0.2) is 35.9 Å². The number of benzene rings is 1. The molecule has 0 saturated carbocycles. The number of piperidine rings is 1. The predicted octanol–water partition coefficient (Wildman–Crippen LogP) is 2.13. The molecule has 0 spiro atoms. The van der Waals surface area contributed by atoms with Crippen LogP contribution in [0.2, 0.25) is 0 Å². The van der Waals surface area contributed by atoms with E-state index in [0.29, 0.717) is 31.5 Å². The van der Waals surface area contributed by atoms with Crippen LogP contribution in [0.1, 0.15) is 45.1 Å².